The number of hydrogen-bond donors (Lipinski definition) is 4. The Balaban J connectivity index is -0.0000000564. The quantitative estimate of drug-likeness (QED) is 0.155. The molecule has 0 amide bonds. The van der Waals surface area contributed by atoms with Gasteiger partial charge in [-0.3, -0.25) is 25.3 Å². The maximum absolute atomic E-state index is 9.77. The maximum atomic E-state index is 9.77. The summed E-state index contributed by atoms with van der Waals surface area (Å²) >= 11 is 0. The van der Waals surface area contributed by atoms with Gasteiger partial charge in [-0.15, -0.1) is 0 Å². The summed E-state index contributed by atoms with van der Waals surface area (Å²) in [6.45, 7) is 0. The third kappa shape index (κ3) is 99.2. The second kappa shape index (κ2) is 19.2. The summed E-state index contributed by atoms with van der Waals surface area (Å²) in [6.07, 6.45) is -4.53. The molecule has 0 rings (SSSR count). The molecule has 0 aliphatic rings. The first-order valence-corrected chi connectivity index (χ1v) is 8.28. The van der Waals surface area contributed by atoms with Gasteiger partial charge >= 0.3 is 93.6 Å². The van der Waals surface area contributed by atoms with E-state index < -0.39 is 55.3 Å². The predicted molar refractivity (Wildman–Crippen MR) is 58.7 cm³/mol. The van der Waals surface area contributed by atoms with Crippen LogP contribution >= 0.6 is 0 Å². The average molecular weight is 727 g/mol. The Morgan fingerprint density at radius 3 is 0.667 bits per heavy atom. The van der Waals surface area contributed by atoms with E-state index in [2.05, 4.69) is 0 Å². The third-order valence-electron chi connectivity index (χ3n) is 0.805. The number of carboxylic acids is 2. The summed E-state index contributed by atoms with van der Waals surface area (Å²) in [5.74, 6) is -3.54. The summed E-state index contributed by atoms with van der Waals surface area (Å²) in [4.78, 5) is 19.5. The average Bonchev–Trinajstić information content (AvgIpc) is 2.19. The van der Waals surface area contributed by atoms with Crippen molar-refractivity contribution in [1.29, 1.82) is 0 Å². The first kappa shape index (κ1) is 42.3. The monoisotopic (exact) mass is 722 g/mol. The molecule has 156 valence electrons. The van der Waals surface area contributed by atoms with Crippen molar-refractivity contribution in [2.45, 2.75) is 12.2 Å². The topological polar surface area (TPSA) is 356 Å². The Morgan fingerprint density at radius 2 is 0.630 bits per heavy atom. The van der Waals surface area contributed by atoms with Crippen molar-refractivity contribution in [3.8, 4) is 0 Å². The molecular formula is C4H6Nd2O18S3. The molecule has 0 saturated carbocycles. The second-order valence-corrected chi connectivity index (χ2v) is 5.24. The smallest absolute Gasteiger partial charge is 0.759 e. The van der Waals surface area contributed by atoms with Crippen molar-refractivity contribution in [3.05, 3.63) is 0 Å². The van der Waals surface area contributed by atoms with Crippen molar-refractivity contribution in [2.75, 3.05) is 0 Å². The Kier molecular flexibility index (Phi) is 30.0. The number of aliphatic hydroxyl groups excluding tert-OH is 2. The van der Waals surface area contributed by atoms with Gasteiger partial charge in [0, 0.05) is 31.2 Å². The van der Waals surface area contributed by atoms with Crippen molar-refractivity contribution in [1.82, 2.24) is 0 Å². The molecule has 0 aliphatic carbocycles. The van der Waals surface area contributed by atoms with Gasteiger partial charge in [-0.2, -0.15) is 0 Å². The Morgan fingerprint density at radius 1 is 0.556 bits per heavy atom. The van der Waals surface area contributed by atoms with E-state index in [4.69, 9.17) is 73.0 Å². The van der Waals surface area contributed by atoms with Gasteiger partial charge in [-0.1, -0.05) is 0 Å². The molecule has 0 aromatic carbocycles. The van der Waals surface area contributed by atoms with Gasteiger partial charge in [0.2, 0.25) is 0 Å². The van der Waals surface area contributed by atoms with Crippen LogP contribution in [0.15, 0.2) is 0 Å². The van der Waals surface area contributed by atoms with E-state index in [1.54, 1.807) is 0 Å². The number of rotatable bonds is 3. The maximum Gasteiger partial charge on any atom is 3.00 e. The van der Waals surface area contributed by atoms with E-state index >= 15 is 0 Å². The summed E-state index contributed by atoms with van der Waals surface area (Å²) in [7, 11) is -15.5. The normalized spacial score (nSPS) is 12.3. The molecule has 0 saturated heterocycles. The van der Waals surface area contributed by atoms with Crippen LogP contribution in [0.1, 0.15) is 0 Å². The van der Waals surface area contributed by atoms with Gasteiger partial charge in [0.1, 0.15) is 0 Å². The molecule has 4 N–H and O–H groups in total. The van der Waals surface area contributed by atoms with Crippen LogP contribution in [0.4, 0.5) is 0 Å². The van der Waals surface area contributed by atoms with Crippen LogP contribution in [0, 0.1) is 81.7 Å². The minimum atomic E-state index is -5.17. The predicted octanol–water partition coefficient (Wildman–Crippen LogP) is -6.14. The SMILES string of the molecule is O=C(O)[C@@H](O)[C@H](O)C(=O)O.O=S(=O)([O-])[O-].O=S(=O)([O-])[O-].O=S(=O)([O-])[O-].[Nd+3].[Nd+3]. The zero-order chi connectivity index (χ0) is 21.8. The third-order valence-corrected chi connectivity index (χ3v) is 0.805. The van der Waals surface area contributed by atoms with E-state index in [-0.39, 0.29) is 81.7 Å². The molecule has 0 aromatic rings. The van der Waals surface area contributed by atoms with Crippen LogP contribution in [0.3, 0.4) is 0 Å². The van der Waals surface area contributed by atoms with Crippen molar-refractivity contribution < 1.29 is 164 Å². The fourth-order valence-corrected chi connectivity index (χ4v) is 0.270. The Labute approximate surface area is 216 Å². The number of hydrogen-bond acceptors (Lipinski definition) is 16. The zero-order valence-corrected chi connectivity index (χ0v) is 20.7. The van der Waals surface area contributed by atoms with Crippen LogP contribution in [-0.2, 0) is 40.8 Å². The van der Waals surface area contributed by atoms with E-state index in [0.717, 1.165) is 0 Å². The van der Waals surface area contributed by atoms with E-state index in [1.165, 1.54) is 0 Å². The fraction of sp³-hybridized carbons (Fsp3) is 0.500. The summed E-state index contributed by atoms with van der Waals surface area (Å²) in [6, 6.07) is 0. The molecule has 2 atom stereocenters. The second-order valence-electron chi connectivity index (χ2n) is 2.79. The number of aliphatic carboxylic acids is 2. The number of carbonyl (C=O) groups is 2. The molecule has 0 aliphatic heterocycles. The van der Waals surface area contributed by atoms with Gasteiger partial charge in [0.15, 0.2) is 12.2 Å². The van der Waals surface area contributed by atoms with E-state index in [9.17, 15) is 9.59 Å². The van der Waals surface area contributed by atoms with E-state index in [1.807, 2.05) is 0 Å². The summed E-state index contributed by atoms with van der Waals surface area (Å²) in [5.41, 5.74) is 0. The molecule has 18 nitrogen and oxygen atoms in total. The van der Waals surface area contributed by atoms with Gasteiger partial charge < -0.3 is 47.7 Å². The van der Waals surface area contributed by atoms with Crippen LogP contribution in [0.2, 0.25) is 0 Å². The molecule has 23 heteroatoms. The Hall–Kier alpha value is 1.17. The molecule has 0 unspecified atom stereocenters. The van der Waals surface area contributed by atoms with Gasteiger partial charge in [0.25, 0.3) is 0 Å². The van der Waals surface area contributed by atoms with Crippen LogP contribution in [0.25, 0.3) is 0 Å². The first-order valence-electron chi connectivity index (χ1n) is 4.28. The zero-order valence-electron chi connectivity index (χ0n) is 11.9. The Bertz CT molecular complexity index is 592. The minimum absolute atomic E-state index is 0. The molecule has 0 bridgehead atoms. The minimum Gasteiger partial charge on any atom is -0.759 e. The number of aliphatic hydroxyl groups is 2. The van der Waals surface area contributed by atoms with Crippen molar-refractivity contribution in [2.24, 2.45) is 0 Å². The molecule has 2 radical (unpaired) electrons. The molecule has 0 aromatic heterocycles. The molecule has 0 heterocycles. The molecule has 0 fully saturated rings. The van der Waals surface area contributed by atoms with Gasteiger partial charge in [-0.05, 0) is 0 Å². The fourth-order valence-electron chi connectivity index (χ4n) is 0.270. The molecule has 27 heavy (non-hydrogen) atoms. The number of carboxylic acid groups (broad SMARTS) is 2. The summed E-state index contributed by atoms with van der Waals surface area (Å²) in [5, 5.41) is 32.5. The van der Waals surface area contributed by atoms with Gasteiger partial charge in [0.05, 0.1) is 0 Å². The van der Waals surface area contributed by atoms with Crippen molar-refractivity contribution in [3.63, 3.8) is 0 Å². The van der Waals surface area contributed by atoms with Gasteiger partial charge in [-0.25, -0.2) is 9.59 Å². The first-order chi connectivity index (χ1) is 10.5. The standard InChI is InChI=1S/C4H6O6.2Nd.3H2O4S/c5-1(3(7)8)2(6)4(9)10;;;3*1-5(2,3)4/h1-2,5-6H,(H,7,8)(H,9,10);;;3*(H2,1,2,3,4)/q;2*+3;;;/p-6/t1-,2-;;;;;/m0...../s1. The van der Waals surface area contributed by atoms with Crippen LogP contribution in [0.5, 0.6) is 0 Å². The molecular weight excluding hydrogens is 721 g/mol. The van der Waals surface area contributed by atoms with E-state index in [0.29, 0.717) is 0 Å². The molecule has 0 spiro atoms. The van der Waals surface area contributed by atoms with Crippen LogP contribution in [-0.4, -0.2) is 97.1 Å². The largest absolute Gasteiger partial charge is 3.00 e. The summed E-state index contributed by atoms with van der Waals surface area (Å²) < 4.78 is 102. The van der Waals surface area contributed by atoms with Crippen molar-refractivity contribution >= 4 is 43.1 Å². The van der Waals surface area contributed by atoms with Crippen LogP contribution < -0.4 is 0 Å².